The maximum atomic E-state index is 11.6. The first-order valence-corrected chi connectivity index (χ1v) is 6.50. The Balaban J connectivity index is 2.65. The monoisotopic (exact) mass is 268 g/mol. The van der Waals surface area contributed by atoms with Gasteiger partial charge in [0.15, 0.2) is 0 Å². The summed E-state index contributed by atoms with van der Waals surface area (Å²) in [6, 6.07) is 7.70. The molecule has 2 N–H and O–H groups in total. The number of rotatable bonds is 4. The molecule has 0 aromatic heterocycles. The second kappa shape index (κ2) is 6.10. The number of amides is 2. The number of carbonyl (C=O) groups is 1. The summed E-state index contributed by atoms with van der Waals surface area (Å²) >= 11 is 6.18. The van der Waals surface area contributed by atoms with Crippen molar-refractivity contribution in [2.45, 2.75) is 39.2 Å². The molecule has 0 aliphatic rings. The molecule has 0 spiro atoms. The summed E-state index contributed by atoms with van der Waals surface area (Å²) in [5, 5.41) is 6.40. The topological polar surface area (TPSA) is 41.1 Å². The van der Waals surface area contributed by atoms with Crippen LogP contribution in [0.5, 0.6) is 0 Å². The minimum atomic E-state index is -0.202. The van der Waals surface area contributed by atoms with Crippen molar-refractivity contribution in [3.8, 4) is 0 Å². The lowest BCUT2D eigenvalue weighted by Gasteiger charge is -2.27. The van der Waals surface area contributed by atoms with E-state index in [0.717, 1.165) is 10.6 Å². The molecule has 2 amide bonds. The Morgan fingerprint density at radius 3 is 2.50 bits per heavy atom. The van der Waals surface area contributed by atoms with Crippen LogP contribution >= 0.6 is 11.6 Å². The number of nitrogens with one attached hydrogen (secondary N) is 2. The van der Waals surface area contributed by atoms with Crippen molar-refractivity contribution in [2.24, 2.45) is 0 Å². The molecule has 1 aromatic carbocycles. The van der Waals surface area contributed by atoms with Gasteiger partial charge in [0.25, 0.3) is 0 Å². The van der Waals surface area contributed by atoms with Crippen molar-refractivity contribution in [3.05, 3.63) is 34.9 Å². The van der Waals surface area contributed by atoms with E-state index in [4.69, 9.17) is 11.6 Å². The smallest absolute Gasteiger partial charge is 0.315 e. The zero-order chi connectivity index (χ0) is 13.8. The van der Waals surface area contributed by atoms with Gasteiger partial charge in [-0.3, -0.25) is 0 Å². The molecule has 0 fully saturated rings. The zero-order valence-corrected chi connectivity index (χ0v) is 12.1. The third-order valence-electron chi connectivity index (χ3n) is 2.71. The average Bonchev–Trinajstić information content (AvgIpc) is 2.26. The second-order valence-corrected chi connectivity index (χ2v) is 5.75. The van der Waals surface area contributed by atoms with Crippen molar-refractivity contribution in [1.82, 2.24) is 10.6 Å². The summed E-state index contributed by atoms with van der Waals surface area (Å²) in [6.07, 6.45) is 0. The molecule has 1 aromatic rings. The van der Waals surface area contributed by atoms with E-state index in [1.807, 2.05) is 38.1 Å². The standard InChI is InChI=1S/C14H21ClN2O/c1-10(2)17-13(18)16-9-14(3,4)11-7-5-6-8-12(11)15/h5-8,10H,9H2,1-4H3,(H2,16,17,18). The molecule has 0 saturated carbocycles. The van der Waals surface area contributed by atoms with Crippen LogP contribution in [0.25, 0.3) is 0 Å². The van der Waals surface area contributed by atoms with Crippen LogP contribution in [0.15, 0.2) is 24.3 Å². The highest BCUT2D eigenvalue weighted by molar-refractivity contribution is 6.31. The van der Waals surface area contributed by atoms with Gasteiger partial charge in [0.2, 0.25) is 0 Å². The van der Waals surface area contributed by atoms with Crippen molar-refractivity contribution in [2.75, 3.05) is 6.54 Å². The molecule has 0 aliphatic carbocycles. The van der Waals surface area contributed by atoms with Gasteiger partial charge in [-0.25, -0.2) is 4.79 Å². The second-order valence-electron chi connectivity index (χ2n) is 5.35. The van der Waals surface area contributed by atoms with Crippen molar-refractivity contribution in [3.63, 3.8) is 0 Å². The van der Waals surface area contributed by atoms with E-state index in [0.29, 0.717) is 6.54 Å². The van der Waals surface area contributed by atoms with Gasteiger partial charge in [-0.2, -0.15) is 0 Å². The van der Waals surface area contributed by atoms with Crippen molar-refractivity contribution < 1.29 is 4.79 Å². The fourth-order valence-electron chi connectivity index (χ4n) is 1.72. The summed E-state index contributed by atoms with van der Waals surface area (Å²) in [5.74, 6) is 0. The largest absolute Gasteiger partial charge is 0.337 e. The quantitative estimate of drug-likeness (QED) is 0.864. The molecule has 3 nitrogen and oxygen atoms in total. The van der Waals surface area contributed by atoms with Gasteiger partial charge in [-0.05, 0) is 25.5 Å². The van der Waals surface area contributed by atoms with E-state index in [-0.39, 0.29) is 17.5 Å². The molecule has 18 heavy (non-hydrogen) atoms. The fourth-order valence-corrected chi connectivity index (χ4v) is 2.11. The summed E-state index contributed by atoms with van der Waals surface area (Å²) in [7, 11) is 0. The van der Waals surface area contributed by atoms with Gasteiger partial charge >= 0.3 is 6.03 Å². The third kappa shape index (κ3) is 4.22. The van der Waals surface area contributed by atoms with Crippen LogP contribution in [0.1, 0.15) is 33.3 Å². The number of hydrogen-bond acceptors (Lipinski definition) is 1. The Hall–Kier alpha value is -1.22. The lowest BCUT2D eigenvalue weighted by Crippen LogP contribution is -2.44. The van der Waals surface area contributed by atoms with E-state index in [9.17, 15) is 4.79 Å². The summed E-state index contributed by atoms with van der Waals surface area (Å²) in [6.45, 7) is 8.51. The molecule has 1 rings (SSSR count). The molecule has 100 valence electrons. The van der Waals surface area contributed by atoms with Crippen LogP contribution in [0, 0.1) is 0 Å². The van der Waals surface area contributed by atoms with Crippen molar-refractivity contribution in [1.29, 1.82) is 0 Å². The first-order valence-electron chi connectivity index (χ1n) is 6.12. The Morgan fingerprint density at radius 2 is 1.94 bits per heavy atom. The molecular weight excluding hydrogens is 248 g/mol. The van der Waals surface area contributed by atoms with Gasteiger partial charge < -0.3 is 10.6 Å². The number of carbonyl (C=O) groups excluding carboxylic acids is 1. The molecule has 0 unspecified atom stereocenters. The maximum absolute atomic E-state index is 11.6. The molecule has 0 saturated heterocycles. The first kappa shape index (κ1) is 14.8. The lowest BCUT2D eigenvalue weighted by atomic mass is 9.84. The summed E-state index contributed by atoms with van der Waals surface area (Å²) < 4.78 is 0. The average molecular weight is 269 g/mol. The van der Waals surface area contributed by atoms with Gasteiger partial charge in [-0.1, -0.05) is 43.6 Å². The third-order valence-corrected chi connectivity index (χ3v) is 3.04. The Bertz CT molecular complexity index is 416. The molecule has 4 heteroatoms. The van der Waals surface area contributed by atoms with E-state index in [2.05, 4.69) is 24.5 Å². The minimum Gasteiger partial charge on any atom is -0.337 e. The van der Waals surface area contributed by atoms with E-state index >= 15 is 0 Å². The van der Waals surface area contributed by atoms with Crippen LogP contribution in [0.2, 0.25) is 5.02 Å². The lowest BCUT2D eigenvalue weighted by molar-refractivity contribution is 0.236. The highest BCUT2D eigenvalue weighted by Gasteiger charge is 2.23. The molecule has 0 radical (unpaired) electrons. The van der Waals surface area contributed by atoms with Crippen LogP contribution in [0.4, 0.5) is 4.79 Å². The predicted molar refractivity (Wildman–Crippen MR) is 76.1 cm³/mol. The van der Waals surface area contributed by atoms with E-state index in [1.165, 1.54) is 0 Å². The van der Waals surface area contributed by atoms with Gasteiger partial charge in [-0.15, -0.1) is 0 Å². The fraction of sp³-hybridized carbons (Fsp3) is 0.500. The van der Waals surface area contributed by atoms with Gasteiger partial charge in [0.1, 0.15) is 0 Å². The minimum absolute atomic E-state index is 0.133. The Morgan fingerprint density at radius 1 is 1.33 bits per heavy atom. The van der Waals surface area contributed by atoms with Gasteiger partial charge in [0, 0.05) is 23.0 Å². The van der Waals surface area contributed by atoms with E-state index in [1.54, 1.807) is 0 Å². The van der Waals surface area contributed by atoms with Gasteiger partial charge in [0.05, 0.1) is 0 Å². The van der Waals surface area contributed by atoms with Crippen LogP contribution in [0.3, 0.4) is 0 Å². The van der Waals surface area contributed by atoms with Crippen LogP contribution in [-0.2, 0) is 5.41 Å². The van der Waals surface area contributed by atoms with Crippen LogP contribution < -0.4 is 10.6 Å². The number of hydrogen-bond donors (Lipinski definition) is 2. The van der Waals surface area contributed by atoms with Crippen molar-refractivity contribution >= 4 is 17.6 Å². The first-order chi connectivity index (χ1) is 8.33. The highest BCUT2D eigenvalue weighted by Crippen LogP contribution is 2.28. The predicted octanol–water partition coefficient (Wildman–Crippen LogP) is 3.33. The molecule has 0 aliphatic heterocycles. The zero-order valence-electron chi connectivity index (χ0n) is 11.4. The summed E-state index contributed by atoms with van der Waals surface area (Å²) in [4.78, 5) is 11.6. The Labute approximate surface area is 114 Å². The molecule has 0 atom stereocenters. The molecule has 0 bridgehead atoms. The van der Waals surface area contributed by atoms with E-state index < -0.39 is 0 Å². The number of urea groups is 1. The maximum Gasteiger partial charge on any atom is 0.315 e. The SMILES string of the molecule is CC(C)NC(=O)NCC(C)(C)c1ccccc1Cl. The van der Waals surface area contributed by atoms with Crippen LogP contribution in [-0.4, -0.2) is 18.6 Å². The normalized spacial score (nSPS) is 11.4. The molecule has 0 heterocycles. The number of benzene rings is 1. The highest BCUT2D eigenvalue weighted by atomic mass is 35.5. The molecular formula is C14H21ClN2O. The Kier molecular flexibility index (Phi) is 5.03. The number of halogens is 1. The summed E-state index contributed by atoms with van der Waals surface area (Å²) in [5.41, 5.74) is 0.837.